The molecule has 2 aromatic rings. The van der Waals surface area contributed by atoms with Crippen LogP contribution in [0, 0.1) is 12.7 Å². The van der Waals surface area contributed by atoms with E-state index in [0.717, 1.165) is 18.8 Å². The lowest BCUT2D eigenvalue weighted by Crippen LogP contribution is -2.47. The van der Waals surface area contributed by atoms with Gasteiger partial charge < -0.3 is 14.5 Å². The van der Waals surface area contributed by atoms with Crippen molar-refractivity contribution < 1.29 is 18.7 Å². The van der Waals surface area contributed by atoms with Crippen LogP contribution in [0.1, 0.15) is 11.1 Å². The van der Waals surface area contributed by atoms with Crippen molar-refractivity contribution in [3.8, 4) is 0 Å². The standard InChI is InChI=1S/C24H26FN3O3/c1-17-4-3-5-20(16-17)26-10-12-27(13-11-26)22-21(18-6-8-19(25)9-7-18)23(29)28(24(22)30)14-15-31-2/h3-9,16H,10-15H2,1-2H3. The molecule has 0 atom stereocenters. The first kappa shape index (κ1) is 21.1. The Labute approximate surface area is 181 Å². The van der Waals surface area contributed by atoms with E-state index in [4.69, 9.17) is 4.74 Å². The third kappa shape index (κ3) is 4.18. The van der Waals surface area contributed by atoms with Gasteiger partial charge in [0.1, 0.15) is 11.5 Å². The van der Waals surface area contributed by atoms with Gasteiger partial charge in [-0.05, 0) is 42.3 Å². The van der Waals surface area contributed by atoms with E-state index < -0.39 is 0 Å². The highest BCUT2D eigenvalue weighted by molar-refractivity contribution is 6.35. The van der Waals surface area contributed by atoms with Gasteiger partial charge in [0.05, 0.1) is 18.7 Å². The molecule has 2 aliphatic heterocycles. The lowest BCUT2D eigenvalue weighted by molar-refractivity contribution is -0.138. The van der Waals surface area contributed by atoms with E-state index in [1.807, 2.05) is 11.0 Å². The fourth-order valence-electron chi connectivity index (χ4n) is 4.13. The minimum Gasteiger partial charge on any atom is -0.383 e. The SMILES string of the molecule is COCCN1C(=O)C(c2ccc(F)cc2)=C(N2CCN(c3cccc(C)c3)CC2)C1=O. The number of carbonyl (C=O) groups is 2. The molecule has 2 aliphatic rings. The normalized spacial score (nSPS) is 17.2. The van der Waals surface area contributed by atoms with Crippen LogP contribution >= 0.6 is 0 Å². The summed E-state index contributed by atoms with van der Waals surface area (Å²) in [4.78, 5) is 31.9. The number of anilines is 1. The Balaban J connectivity index is 1.62. The van der Waals surface area contributed by atoms with E-state index in [1.54, 1.807) is 12.1 Å². The van der Waals surface area contributed by atoms with Crippen LogP contribution in [-0.2, 0) is 14.3 Å². The fraction of sp³-hybridized carbons (Fsp3) is 0.333. The summed E-state index contributed by atoms with van der Waals surface area (Å²) in [5, 5.41) is 0. The van der Waals surface area contributed by atoms with Gasteiger partial charge in [0, 0.05) is 39.0 Å². The molecule has 2 aromatic carbocycles. The van der Waals surface area contributed by atoms with E-state index in [1.165, 1.54) is 29.7 Å². The highest BCUT2D eigenvalue weighted by atomic mass is 19.1. The molecule has 0 spiro atoms. The van der Waals surface area contributed by atoms with E-state index in [9.17, 15) is 14.0 Å². The molecule has 0 unspecified atom stereocenters. The first-order chi connectivity index (χ1) is 15.0. The number of hydrogen-bond acceptors (Lipinski definition) is 5. The van der Waals surface area contributed by atoms with Crippen molar-refractivity contribution in [1.82, 2.24) is 9.80 Å². The second-order valence-electron chi connectivity index (χ2n) is 7.80. The number of imide groups is 1. The highest BCUT2D eigenvalue weighted by Crippen LogP contribution is 2.32. The average molecular weight is 423 g/mol. The molecule has 0 saturated carbocycles. The summed E-state index contributed by atoms with van der Waals surface area (Å²) < 4.78 is 18.5. The van der Waals surface area contributed by atoms with Crippen LogP contribution in [0.5, 0.6) is 0 Å². The number of ether oxygens (including phenoxy) is 1. The van der Waals surface area contributed by atoms with Crippen LogP contribution in [-0.4, -0.2) is 68.1 Å². The maximum atomic E-state index is 13.5. The van der Waals surface area contributed by atoms with E-state index in [0.29, 0.717) is 29.9 Å². The number of amides is 2. The molecule has 1 fully saturated rings. The molecule has 4 rings (SSSR count). The van der Waals surface area contributed by atoms with Crippen LogP contribution in [0.3, 0.4) is 0 Å². The van der Waals surface area contributed by atoms with Gasteiger partial charge in [-0.25, -0.2) is 4.39 Å². The molecule has 162 valence electrons. The molecule has 2 heterocycles. The Morgan fingerprint density at radius 2 is 1.61 bits per heavy atom. The van der Waals surface area contributed by atoms with Gasteiger partial charge in [-0.1, -0.05) is 24.3 Å². The average Bonchev–Trinajstić information content (AvgIpc) is 3.02. The molecule has 0 N–H and O–H groups in total. The Bertz CT molecular complexity index is 1010. The molecule has 7 heteroatoms. The fourth-order valence-corrected chi connectivity index (χ4v) is 4.13. The third-order valence-corrected chi connectivity index (χ3v) is 5.76. The maximum Gasteiger partial charge on any atom is 0.277 e. The molecule has 31 heavy (non-hydrogen) atoms. The minimum atomic E-state index is -0.384. The zero-order chi connectivity index (χ0) is 22.0. The number of rotatable bonds is 6. The second-order valence-corrected chi connectivity index (χ2v) is 7.80. The number of hydrogen-bond donors (Lipinski definition) is 0. The first-order valence-electron chi connectivity index (χ1n) is 10.4. The summed E-state index contributed by atoms with van der Waals surface area (Å²) in [5.74, 6) is -1.05. The van der Waals surface area contributed by atoms with Crippen LogP contribution < -0.4 is 4.90 Å². The molecule has 2 amide bonds. The summed E-state index contributed by atoms with van der Waals surface area (Å²) in [6.07, 6.45) is 0. The number of benzene rings is 2. The summed E-state index contributed by atoms with van der Waals surface area (Å²) in [6.45, 7) is 5.23. The zero-order valence-corrected chi connectivity index (χ0v) is 17.8. The van der Waals surface area contributed by atoms with Crippen molar-refractivity contribution in [2.45, 2.75) is 6.92 Å². The molecule has 1 saturated heterocycles. The summed E-state index contributed by atoms with van der Waals surface area (Å²) in [5.41, 5.74) is 3.65. The van der Waals surface area contributed by atoms with Gasteiger partial charge in [0.2, 0.25) is 0 Å². The summed E-state index contributed by atoms with van der Waals surface area (Å²) >= 11 is 0. The Morgan fingerprint density at radius 3 is 2.26 bits per heavy atom. The van der Waals surface area contributed by atoms with Crippen molar-refractivity contribution in [3.05, 3.63) is 71.2 Å². The van der Waals surface area contributed by atoms with Gasteiger partial charge in [-0.3, -0.25) is 14.5 Å². The second kappa shape index (κ2) is 8.89. The van der Waals surface area contributed by atoms with E-state index in [-0.39, 0.29) is 30.8 Å². The van der Waals surface area contributed by atoms with Crippen molar-refractivity contribution in [3.63, 3.8) is 0 Å². The van der Waals surface area contributed by atoms with Gasteiger partial charge in [-0.2, -0.15) is 0 Å². The lowest BCUT2D eigenvalue weighted by atomic mass is 10.0. The van der Waals surface area contributed by atoms with Gasteiger partial charge >= 0.3 is 0 Å². The molecule has 0 aromatic heterocycles. The predicted octanol–water partition coefficient (Wildman–Crippen LogP) is 2.68. The van der Waals surface area contributed by atoms with Crippen LogP contribution in [0.4, 0.5) is 10.1 Å². The number of piperazine rings is 1. The number of nitrogens with zero attached hydrogens (tertiary/aromatic N) is 3. The highest BCUT2D eigenvalue weighted by Gasteiger charge is 2.41. The number of carbonyl (C=O) groups excluding carboxylic acids is 2. The molecule has 6 nitrogen and oxygen atoms in total. The zero-order valence-electron chi connectivity index (χ0n) is 17.8. The molecule has 0 bridgehead atoms. The Kier molecular flexibility index (Phi) is 6.04. The molecule has 0 aliphatic carbocycles. The largest absolute Gasteiger partial charge is 0.383 e. The first-order valence-corrected chi connectivity index (χ1v) is 10.4. The van der Waals surface area contributed by atoms with Gasteiger partial charge in [0.15, 0.2) is 0 Å². The predicted molar refractivity (Wildman–Crippen MR) is 117 cm³/mol. The van der Waals surface area contributed by atoms with Crippen molar-refractivity contribution in [2.24, 2.45) is 0 Å². The number of halogens is 1. The Morgan fingerprint density at radius 1 is 0.935 bits per heavy atom. The number of methoxy groups -OCH3 is 1. The van der Waals surface area contributed by atoms with Crippen LogP contribution in [0.25, 0.3) is 5.57 Å². The third-order valence-electron chi connectivity index (χ3n) is 5.76. The van der Waals surface area contributed by atoms with Crippen molar-refractivity contribution in [1.29, 1.82) is 0 Å². The molecular formula is C24H26FN3O3. The molecule has 0 radical (unpaired) electrons. The van der Waals surface area contributed by atoms with Crippen molar-refractivity contribution in [2.75, 3.05) is 51.3 Å². The summed E-state index contributed by atoms with van der Waals surface area (Å²) in [6, 6.07) is 14.1. The Hall–Kier alpha value is -3.19. The monoisotopic (exact) mass is 423 g/mol. The summed E-state index contributed by atoms with van der Waals surface area (Å²) in [7, 11) is 1.53. The lowest BCUT2D eigenvalue weighted by Gasteiger charge is -2.37. The van der Waals surface area contributed by atoms with E-state index in [2.05, 4.69) is 30.0 Å². The maximum absolute atomic E-state index is 13.5. The van der Waals surface area contributed by atoms with Crippen LogP contribution in [0.15, 0.2) is 54.2 Å². The smallest absolute Gasteiger partial charge is 0.277 e. The minimum absolute atomic E-state index is 0.186. The van der Waals surface area contributed by atoms with E-state index >= 15 is 0 Å². The van der Waals surface area contributed by atoms with Crippen LogP contribution in [0.2, 0.25) is 0 Å². The quantitative estimate of drug-likeness (QED) is 0.669. The number of aryl methyl sites for hydroxylation is 1. The van der Waals surface area contributed by atoms with Gasteiger partial charge in [0.25, 0.3) is 11.8 Å². The van der Waals surface area contributed by atoms with Gasteiger partial charge in [-0.15, -0.1) is 0 Å². The topological polar surface area (TPSA) is 53.1 Å². The van der Waals surface area contributed by atoms with Crippen molar-refractivity contribution >= 4 is 23.1 Å². The molecular weight excluding hydrogens is 397 g/mol.